The van der Waals surface area contributed by atoms with E-state index in [1.165, 1.54) is 24.3 Å². The largest absolute Gasteiger partial charge is 0.480 e. The maximum atomic E-state index is 13.1. The molecule has 132 valence electrons. The number of carboxylic acids is 1. The SMILES string of the molecule is O=C(O)C(c1ccc(F)cc1)N1CCC(OCc2ccccn2)CC1. The Hall–Kier alpha value is -2.31. The van der Waals surface area contributed by atoms with Crippen molar-refractivity contribution in [2.75, 3.05) is 13.1 Å². The lowest BCUT2D eigenvalue weighted by Gasteiger charge is -2.35. The molecule has 2 heterocycles. The maximum Gasteiger partial charge on any atom is 0.325 e. The zero-order valence-corrected chi connectivity index (χ0v) is 13.8. The van der Waals surface area contributed by atoms with Crippen LogP contribution in [0.5, 0.6) is 0 Å². The number of rotatable bonds is 6. The smallest absolute Gasteiger partial charge is 0.325 e. The minimum Gasteiger partial charge on any atom is -0.480 e. The van der Waals surface area contributed by atoms with Crippen LogP contribution in [0.1, 0.15) is 30.1 Å². The van der Waals surface area contributed by atoms with Gasteiger partial charge in [-0.05, 0) is 42.7 Å². The van der Waals surface area contributed by atoms with Crippen molar-refractivity contribution in [3.63, 3.8) is 0 Å². The quantitative estimate of drug-likeness (QED) is 0.873. The molecular weight excluding hydrogens is 323 g/mol. The van der Waals surface area contributed by atoms with Gasteiger partial charge in [0.1, 0.15) is 11.9 Å². The first-order valence-corrected chi connectivity index (χ1v) is 8.37. The third-order valence-electron chi connectivity index (χ3n) is 4.45. The van der Waals surface area contributed by atoms with Gasteiger partial charge < -0.3 is 9.84 Å². The average Bonchev–Trinajstić information content (AvgIpc) is 2.63. The summed E-state index contributed by atoms with van der Waals surface area (Å²) in [6.07, 6.45) is 3.36. The van der Waals surface area contributed by atoms with E-state index in [-0.39, 0.29) is 11.9 Å². The van der Waals surface area contributed by atoms with Gasteiger partial charge in [-0.3, -0.25) is 14.7 Å². The van der Waals surface area contributed by atoms with Crippen LogP contribution in [0, 0.1) is 5.82 Å². The van der Waals surface area contributed by atoms with E-state index in [1.54, 1.807) is 6.20 Å². The summed E-state index contributed by atoms with van der Waals surface area (Å²) >= 11 is 0. The molecule has 1 aromatic carbocycles. The number of ether oxygens (including phenoxy) is 1. The van der Waals surface area contributed by atoms with E-state index in [9.17, 15) is 14.3 Å². The van der Waals surface area contributed by atoms with E-state index in [0.717, 1.165) is 18.5 Å². The molecule has 1 aliphatic rings. The van der Waals surface area contributed by atoms with Crippen LogP contribution in [0.2, 0.25) is 0 Å². The molecule has 25 heavy (non-hydrogen) atoms. The van der Waals surface area contributed by atoms with Crippen molar-refractivity contribution < 1.29 is 19.0 Å². The van der Waals surface area contributed by atoms with E-state index in [0.29, 0.717) is 25.3 Å². The number of carboxylic acid groups (broad SMARTS) is 1. The molecule has 0 spiro atoms. The molecule has 1 fully saturated rings. The Labute approximate surface area is 146 Å². The van der Waals surface area contributed by atoms with Gasteiger partial charge in [0.2, 0.25) is 0 Å². The molecule has 1 unspecified atom stereocenters. The molecule has 1 aromatic heterocycles. The van der Waals surface area contributed by atoms with Crippen LogP contribution in [-0.2, 0) is 16.1 Å². The van der Waals surface area contributed by atoms with Crippen LogP contribution >= 0.6 is 0 Å². The third-order valence-corrected chi connectivity index (χ3v) is 4.45. The summed E-state index contributed by atoms with van der Waals surface area (Å²) in [4.78, 5) is 17.8. The first kappa shape index (κ1) is 17.5. The molecule has 3 rings (SSSR count). The highest BCUT2D eigenvalue weighted by Crippen LogP contribution is 2.26. The molecule has 0 saturated carbocycles. The molecule has 0 bridgehead atoms. The summed E-state index contributed by atoms with van der Waals surface area (Å²) in [5, 5.41) is 9.59. The lowest BCUT2D eigenvalue weighted by molar-refractivity contribution is -0.145. The third kappa shape index (κ3) is 4.61. The van der Waals surface area contributed by atoms with Crippen molar-refractivity contribution in [2.24, 2.45) is 0 Å². The van der Waals surface area contributed by atoms with E-state index in [4.69, 9.17) is 4.74 Å². The molecule has 0 aliphatic carbocycles. The fourth-order valence-electron chi connectivity index (χ4n) is 3.14. The number of aromatic nitrogens is 1. The van der Waals surface area contributed by atoms with Crippen molar-refractivity contribution in [2.45, 2.75) is 31.6 Å². The predicted molar refractivity (Wildman–Crippen MR) is 90.4 cm³/mol. The number of nitrogens with zero attached hydrogens (tertiary/aromatic N) is 2. The molecule has 0 radical (unpaired) electrons. The summed E-state index contributed by atoms with van der Waals surface area (Å²) in [6.45, 7) is 1.72. The van der Waals surface area contributed by atoms with Gasteiger partial charge in [0.25, 0.3) is 0 Å². The first-order valence-electron chi connectivity index (χ1n) is 8.37. The van der Waals surface area contributed by atoms with Gasteiger partial charge in [0, 0.05) is 19.3 Å². The van der Waals surface area contributed by atoms with E-state index >= 15 is 0 Å². The summed E-state index contributed by atoms with van der Waals surface area (Å²) in [5.74, 6) is -1.28. The average molecular weight is 344 g/mol. The number of benzene rings is 1. The monoisotopic (exact) mass is 344 g/mol. The van der Waals surface area contributed by atoms with E-state index in [2.05, 4.69) is 4.98 Å². The van der Waals surface area contributed by atoms with Gasteiger partial charge in [0.15, 0.2) is 0 Å². The zero-order valence-electron chi connectivity index (χ0n) is 13.8. The molecule has 1 N–H and O–H groups in total. The standard InChI is InChI=1S/C19H21FN2O3/c20-15-6-4-14(5-7-15)18(19(23)24)22-11-8-17(9-12-22)25-13-16-3-1-2-10-21-16/h1-7,10,17-18H,8-9,11-13H2,(H,23,24). The first-order chi connectivity index (χ1) is 12.1. The Bertz CT molecular complexity index is 686. The number of likely N-dealkylation sites (tertiary alicyclic amines) is 1. The summed E-state index contributed by atoms with van der Waals surface area (Å²) in [6, 6.07) is 10.6. The van der Waals surface area contributed by atoms with Crippen molar-refractivity contribution in [1.82, 2.24) is 9.88 Å². The fraction of sp³-hybridized carbons (Fsp3) is 0.368. The maximum absolute atomic E-state index is 13.1. The number of piperidine rings is 1. The topological polar surface area (TPSA) is 62.7 Å². The second kappa shape index (κ2) is 8.18. The van der Waals surface area contributed by atoms with Crippen LogP contribution in [0.15, 0.2) is 48.7 Å². The second-order valence-corrected chi connectivity index (χ2v) is 6.16. The lowest BCUT2D eigenvalue weighted by Crippen LogP contribution is -2.42. The highest BCUT2D eigenvalue weighted by atomic mass is 19.1. The van der Waals surface area contributed by atoms with Gasteiger partial charge in [-0.15, -0.1) is 0 Å². The molecule has 1 saturated heterocycles. The van der Waals surface area contributed by atoms with Crippen LogP contribution in [0.25, 0.3) is 0 Å². The van der Waals surface area contributed by atoms with Gasteiger partial charge in [-0.25, -0.2) is 4.39 Å². The van der Waals surface area contributed by atoms with E-state index in [1.807, 2.05) is 23.1 Å². The Morgan fingerprint density at radius 2 is 1.96 bits per heavy atom. The van der Waals surface area contributed by atoms with Crippen LogP contribution in [0.4, 0.5) is 4.39 Å². The number of aliphatic carboxylic acids is 1. The fourth-order valence-corrected chi connectivity index (χ4v) is 3.14. The highest BCUT2D eigenvalue weighted by Gasteiger charge is 2.31. The Balaban J connectivity index is 1.56. The zero-order chi connectivity index (χ0) is 17.6. The predicted octanol–water partition coefficient (Wildman–Crippen LogP) is 3.03. The van der Waals surface area contributed by atoms with Gasteiger partial charge in [0.05, 0.1) is 18.4 Å². The van der Waals surface area contributed by atoms with Crippen molar-refractivity contribution in [1.29, 1.82) is 0 Å². The summed E-state index contributed by atoms with van der Waals surface area (Å²) in [7, 11) is 0. The number of hydrogen-bond acceptors (Lipinski definition) is 4. The number of hydrogen-bond donors (Lipinski definition) is 1. The van der Waals surface area contributed by atoms with E-state index < -0.39 is 12.0 Å². The normalized spacial score (nSPS) is 17.3. The summed E-state index contributed by atoms with van der Waals surface area (Å²) in [5.41, 5.74) is 1.49. The van der Waals surface area contributed by atoms with Crippen LogP contribution in [0.3, 0.4) is 0 Å². The Morgan fingerprint density at radius 1 is 1.24 bits per heavy atom. The van der Waals surface area contributed by atoms with Gasteiger partial charge in [-0.2, -0.15) is 0 Å². The molecule has 1 aliphatic heterocycles. The molecule has 5 nitrogen and oxygen atoms in total. The van der Waals surface area contributed by atoms with Gasteiger partial charge >= 0.3 is 5.97 Å². The molecular formula is C19H21FN2O3. The van der Waals surface area contributed by atoms with Crippen molar-refractivity contribution in [3.05, 3.63) is 65.7 Å². The van der Waals surface area contributed by atoms with Crippen LogP contribution in [-0.4, -0.2) is 40.2 Å². The summed E-state index contributed by atoms with van der Waals surface area (Å²) < 4.78 is 19.0. The molecule has 2 aromatic rings. The van der Waals surface area contributed by atoms with Crippen molar-refractivity contribution in [3.8, 4) is 0 Å². The molecule has 0 amide bonds. The van der Waals surface area contributed by atoms with Gasteiger partial charge in [-0.1, -0.05) is 18.2 Å². The highest BCUT2D eigenvalue weighted by molar-refractivity contribution is 5.75. The second-order valence-electron chi connectivity index (χ2n) is 6.16. The number of halogens is 1. The number of pyridine rings is 1. The van der Waals surface area contributed by atoms with Crippen LogP contribution < -0.4 is 0 Å². The minimum absolute atomic E-state index is 0.0981. The molecule has 1 atom stereocenters. The van der Waals surface area contributed by atoms with Crippen molar-refractivity contribution >= 4 is 5.97 Å². The lowest BCUT2D eigenvalue weighted by atomic mass is 10.0. The Kier molecular flexibility index (Phi) is 5.73. The number of carbonyl (C=O) groups is 1. The minimum atomic E-state index is -0.917. The molecule has 6 heteroatoms. The Morgan fingerprint density at radius 3 is 2.56 bits per heavy atom.